The second-order valence-electron chi connectivity index (χ2n) is 8.51. The molecule has 1 aliphatic rings. The third kappa shape index (κ3) is 5.65. The summed E-state index contributed by atoms with van der Waals surface area (Å²) in [7, 11) is 3.10. The van der Waals surface area contributed by atoms with Crippen LogP contribution in [0.2, 0.25) is 0 Å². The van der Waals surface area contributed by atoms with Crippen molar-refractivity contribution in [1.29, 1.82) is 0 Å². The van der Waals surface area contributed by atoms with Crippen molar-refractivity contribution in [2.24, 2.45) is 0 Å². The molecule has 8 heteroatoms. The van der Waals surface area contributed by atoms with Crippen LogP contribution in [0.5, 0.6) is 17.2 Å². The van der Waals surface area contributed by atoms with Gasteiger partial charge in [-0.2, -0.15) is 0 Å². The highest BCUT2D eigenvalue weighted by atomic mass is 16.5. The summed E-state index contributed by atoms with van der Waals surface area (Å²) in [6.07, 6.45) is 0.846. The lowest BCUT2D eigenvalue weighted by Crippen LogP contribution is -2.38. The highest BCUT2D eigenvalue weighted by molar-refractivity contribution is 6.46. The second kappa shape index (κ2) is 12.4. The zero-order chi connectivity index (χ0) is 26.2. The Hall–Kier alpha value is -3.52. The molecule has 1 unspecified atom stereocenters. The number of rotatable bonds is 12. The Morgan fingerprint density at radius 2 is 1.67 bits per heavy atom. The van der Waals surface area contributed by atoms with Crippen LogP contribution in [0.3, 0.4) is 0 Å². The van der Waals surface area contributed by atoms with E-state index in [-0.39, 0.29) is 11.3 Å². The SMILES string of the molecule is CCCOc1ccc(C2/C(=C(\O)c3ccc(OC)cc3)C(=O)C(=O)N2CCN(CC)CC)cc1OC. The fourth-order valence-electron chi connectivity index (χ4n) is 4.34. The van der Waals surface area contributed by atoms with Gasteiger partial charge in [-0.3, -0.25) is 9.59 Å². The first-order valence-electron chi connectivity index (χ1n) is 12.4. The van der Waals surface area contributed by atoms with Crippen LogP contribution in [0, 0.1) is 0 Å². The standard InChI is InChI=1S/C28H36N2O6/c1-6-17-36-22-14-11-20(18-23(22)35-5)25-24(26(31)19-9-12-21(34-4)13-10-19)27(32)28(33)30(25)16-15-29(7-2)8-3/h9-14,18,25,31H,6-8,15-17H2,1-5H3/b26-24+. The van der Waals surface area contributed by atoms with E-state index in [0.717, 1.165) is 19.5 Å². The zero-order valence-electron chi connectivity index (χ0n) is 21.7. The number of aliphatic hydroxyl groups excluding tert-OH is 1. The number of benzene rings is 2. The minimum Gasteiger partial charge on any atom is -0.507 e. The summed E-state index contributed by atoms with van der Waals surface area (Å²) in [6.45, 7) is 9.26. The highest BCUT2D eigenvalue weighted by Crippen LogP contribution is 2.42. The van der Waals surface area contributed by atoms with E-state index in [9.17, 15) is 14.7 Å². The van der Waals surface area contributed by atoms with Gasteiger partial charge in [0.2, 0.25) is 0 Å². The number of carbonyl (C=O) groups excluding carboxylic acids is 2. The summed E-state index contributed by atoms with van der Waals surface area (Å²) < 4.78 is 16.5. The van der Waals surface area contributed by atoms with Gasteiger partial charge < -0.3 is 29.1 Å². The predicted octanol–water partition coefficient (Wildman–Crippen LogP) is 4.26. The van der Waals surface area contributed by atoms with Gasteiger partial charge >= 0.3 is 0 Å². The van der Waals surface area contributed by atoms with E-state index in [2.05, 4.69) is 18.7 Å². The molecule has 0 aliphatic carbocycles. The van der Waals surface area contributed by atoms with Crippen LogP contribution < -0.4 is 14.2 Å². The van der Waals surface area contributed by atoms with Crippen molar-refractivity contribution in [2.75, 3.05) is 47.0 Å². The van der Waals surface area contributed by atoms with E-state index in [0.29, 0.717) is 48.1 Å². The maximum atomic E-state index is 13.3. The molecule has 0 bridgehead atoms. The molecular weight excluding hydrogens is 460 g/mol. The number of likely N-dealkylation sites (N-methyl/N-ethyl adjacent to an activating group) is 1. The van der Waals surface area contributed by atoms with E-state index in [1.807, 2.05) is 13.0 Å². The summed E-state index contributed by atoms with van der Waals surface area (Å²) in [4.78, 5) is 30.2. The molecular formula is C28H36N2O6. The van der Waals surface area contributed by atoms with Gasteiger partial charge in [-0.1, -0.05) is 26.8 Å². The van der Waals surface area contributed by atoms with Gasteiger partial charge in [0.1, 0.15) is 11.5 Å². The van der Waals surface area contributed by atoms with Crippen molar-refractivity contribution in [3.8, 4) is 17.2 Å². The van der Waals surface area contributed by atoms with Gasteiger partial charge in [-0.25, -0.2) is 0 Å². The van der Waals surface area contributed by atoms with Gasteiger partial charge in [0.15, 0.2) is 11.5 Å². The number of ketones is 1. The lowest BCUT2D eigenvalue weighted by molar-refractivity contribution is -0.140. The van der Waals surface area contributed by atoms with Crippen LogP contribution in [-0.2, 0) is 9.59 Å². The van der Waals surface area contributed by atoms with Crippen molar-refractivity contribution in [2.45, 2.75) is 33.2 Å². The highest BCUT2D eigenvalue weighted by Gasteiger charge is 2.46. The van der Waals surface area contributed by atoms with E-state index in [4.69, 9.17) is 14.2 Å². The van der Waals surface area contributed by atoms with Gasteiger partial charge in [0.25, 0.3) is 11.7 Å². The topological polar surface area (TPSA) is 88.5 Å². The maximum absolute atomic E-state index is 13.3. The Morgan fingerprint density at radius 3 is 2.25 bits per heavy atom. The summed E-state index contributed by atoms with van der Waals surface area (Å²) >= 11 is 0. The molecule has 2 aromatic rings. The van der Waals surface area contributed by atoms with Crippen LogP contribution in [0.1, 0.15) is 44.4 Å². The van der Waals surface area contributed by atoms with Crippen LogP contribution in [0.4, 0.5) is 0 Å². The molecule has 1 atom stereocenters. The van der Waals surface area contributed by atoms with Crippen molar-refractivity contribution in [3.63, 3.8) is 0 Å². The van der Waals surface area contributed by atoms with Gasteiger partial charge in [-0.05, 0) is 61.5 Å². The second-order valence-corrected chi connectivity index (χ2v) is 8.51. The number of nitrogens with zero attached hydrogens (tertiary/aromatic N) is 2. The van der Waals surface area contributed by atoms with Gasteiger partial charge in [0, 0.05) is 18.7 Å². The van der Waals surface area contributed by atoms with Crippen LogP contribution in [0.25, 0.3) is 5.76 Å². The lowest BCUT2D eigenvalue weighted by atomic mass is 9.95. The number of methoxy groups -OCH3 is 2. The van der Waals surface area contributed by atoms with Crippen molar-refractivity contribution in [1.82, 2.24) is 9.80 Å². The Balaban J connectivity index is 2.12. The zero-order valence-corrected chi connectivity index (χ0v) is 21.7. The lowest BCUT2D eigenvalue weighted by Gasteiger charge is -2.28. The quantitative estimate of drug-likeness (QED) is 0.267. The normalized spacial score (nSPS) is 17.1. The summed E-state index contributed by atoms with van der Waals surface area (Å²) in [5, 5.41) is 11.3. The molecule has 1 aliphatic heterocycles. The molecule has 2 aromatic carbocycles. The largest absolute Gasteiger partial charge is 0.507 e. The number of likely N-dealkylation sites (tertiary alicyclic amines) is 1. The van der Waals surface area contributed by atoms with Crippen LogP contribution in [0.15, 0.2) is 48.0 Å². The number of aliphatic hydroxyl groups is 1. The number of ether oxygens (including phenoxy) is 3. The fraction of sp³-hybridized carbons (Fsp3) is 0.429. The predicted molar refractivity (Wildman–Crippen MR) is 139 cm³/mol. The Morgan fingerprint density at radius 1 is 0.972 bits per heavy atom. The first-order chi connectivity index (χ1) is 17.4. The van der Waals surface area contributed by atoms with E-state index in [1.165, 1.54) is 4.90 Å². The van der Waals surface area contributed by atoms with E-state index >= 15 is 0 Å². The third-order valence-electron chi connectivity index (χ3n) is 6.42. The smallest absolute Gasteiger partial charge is 0.295 e. The monoisotopic (exact) mass is 496 g/mol. The van der Waals surface area contributed by atoms with Gasteiger partial charge in [0.05, 0.1) is 32.4 Å². The van der Waals surface area contributed by atoms with Gasteiger partial charge in [-0.15, -0.1) is 0 Å². The fourth-order valence-corrected chi connectivity index (χ4v) is 4.34. The molecule has 0 radical (unpaired) electrons. The number of carbonyl (C=O) groups is 2. The summed E-state index contributed by atoms with van der Waals surface area (Å²) in [5.74, 6) is 0.135. The van der Waals surface area contributed by atoms with Crippen molar-refractivity contribution < 1.29 is 28.9 Å². The number of Topliss-reactive ketones (excluding diaryl/α,β-unsaturated/α-hetero) is 1. The third-order valence-corrected chi connectivity index (χ3v) is 6.42. The molecule has 194 valence electrons. The van der Waals surface area contributed by atoms with Crippen LogP contribution in [-0.4, -0.2) is 73.6 Å². The first-order valence-corrected chi connectivity index (χ1v) is 12.4. The molecule has 0 saturated carbocycles. The number of hydrogen-bond donors (Lipinski definition) is 1. The molecule has 1 N–H and O–H groups in total. The molecule has 0 aromatic heterocycles. The number of hydrogen-bond acceptors (Lipinski definition) is 7. The molecule has 1 heterocycles. The minimum atomic E-state index is -0.767. The Bertz CT molecular complexity index is 1090. The van der Waals surface area contributed by atoms with Crippen molar-refractivity contribution in [3.05, 3.63) is 59.2 Å². The molecule has 36 heavy (non-hydrogen) atoms. The average Bonchev–Trinajstić information content (AvgIpc) is 3.17. The molecule has 1 amide bonds. The average molecular weight is 497 g/mol. The summed E-state index contributed by atoms with van der Waals surface area (Å²) in [5.41, 5.74) is 1.14. The van der Waals surface area contributed by atoms with Crippen LogP contribution >= 0.6 is 0 Å². The Kier molecular flexibility index (Phi) is 9.36. The molecule has 0 spiro atoms. The summed E-state index contributed by atoms with van der Waals surface area (Å²) in [6, 6.07) is 11.3. The molecule has 1 fully saturated rings. The first kappa shape index (κ1) is 27.1. The number of amides is 1. The molecule has 8 nitrogen and oxygen atoms in total. The van der Waals surface area contributed by atoms with Crippen molar-refractivity contribution >= 4 is 17.4 Å². The Labute approximate surface area is 213 Å². The van der Waals surface area contributed by atoms with E-state index in [1.54, 1.807) is 50.6 Å². The maximum Gasteiger partial charge on any atom is 0.295 e. The minimum absolute atomic E-state index is 0.0500. The molecule has 3 rings (SSSR count). The molecule has 1 saturated heterocycles. The van der Waals surface area contributed by atoms with E-state index < -0.39 is 17.7 Å².